The van der Waals surface area contributed by atoms with Crippen LogP contribution in [0.3, 0.4) is 0 Å². The Hall–Kier alpha value is -3.45. The van der Waals surface area contributed by atoms with E-state index in [9.17, 15) is 14.4 Å². The van der Waals surface area contributed by atoms with Crippen molar-refractivity contribution in [2.24, 2.45) is 0 Å². The number of carbonyl (C=O) groups is 1. The molecule has 29 heavy (non-hydrogen) atoms. The fourth-order valence-corrected chi connectivity index (χ4v) is 3.71. The summed E-state index contributed by atoms with van der Waals surface area (Å²) < 4.78 is 3.89. The van der Waals surface area contributed by atoms with Gasteiger partial charge in [-0.25, -0.2) is 9.36 Å². The summed E-state index contributed by atoms with van der Waals surface area (Å²) in [6.45, 7) is 3.24. The first-order chi connectivity index (χ1) is 13.9. The number of pyridine rings is 2. The molecule has 0 bridgehead atoms. The number of nitrogens with zero attached hydrogens (tertiary/aromatic N) is 4. The van der Waals surface area contributed by atoms with Crippen molar-refractivity contribution in [1.29, 1.82) is 0 Å². The van der Waals surface area contributed by atoms with Gasteiger partial charge in [0.15, 0.2) is 0 Å². The van der Waals surface area contributed by atoms with Crippen molar-refractivity contribution in [2.45, 2.75) is 20.4 Å². The number of benzene rings is 1. The van der Waals surface area contributed by atoms with E-state index in [1.165, 1.54) is 26.9 Å². The first-order valence-corrected chi connectivity index (χ1v) is 9.32. The minimum atomic E-state index is -0.421. The van der Waals surface area contributed by atoms with Gasteiger partial charge in [-0.15, -0.1) is 0 Å². The largest absolute Gasteiger partial charge is 0.306 e. The third-order valence-electron chi connectivity index (χ3n) is 4.81. The second-order valence-corrected chi connectivity index (χ2v) is 7.04. The van der Waals surface area contributed by atoms with Crippen molar-refractivity contribution >= 4 is 28.4 Å². The van der Waals surface area contributed by atoms with Crippen LogP contribution in [0, 0.1) is 6.92 Å². The summed E-state index contributed by atoms with van der Waals surface area (Å²) in [6, 6.07) is 13.5. The van der Waals surface area contributed by atoms with Crippen molar-refractivity contribution in [1.82, 2.24) is 18.9 Å². The van der Waals surface area contributed by atoms with Gasteiger partial charge in [0.2, 0.25) is 5.91 Å². The number of carbonyl (C=O) groups excluding carboxylic acids is 1. The first-order valence-electron chi connectivity index (χ1n) is 8.94. The molecule has 4 aromatic rings. The minimum Gasteiger partial charge on any atom is -0.306 e. The average molecular weight is 409 g/mol. The number of para-hydroxylation sites is 1. The molecule has 0 saturated heterocycles. The van der Waals surface area contributed by atoms with E-state index >= 15 is 0 Å². The number of hydrogen-bond acceptors (Lipinski definition) is 4. The Bertz CT molecular complexity index is 1370. The van der Waals surface area contributed by atoms with Crippen molar-refractivity contribution < 1.29 is 4.79 Å². The molecule has 0 saturated carbocycles. The Balaban J connectivity index is 2.06. The second-order valence-electron chi connectivity index (χ2n) is 6.63. The van der Waals surface area contributed by atoms with Crippen LogP contribution in [0.1, 0.15) is 23.1 Å². The van der Waals surface area contributed by atoms with Gasteiger partial charge in [-0.2, -0.15) is 0 Å². The number of aromatic nitrogens is 4. The average Bonchev–Trinajstić information content (AvgIpc) is 2.98. The highest BCUT2D eigenvalue weighted by Gasteiger charge is 2.23. The Morgan fingerprint density at radius 1 is 1.10 bits per heavy atom. The lowest BCUT2D eigenvalue weighted by Crippen LogP contribution is -2.24. The van der Waals surface area contributed by atoms with Crippen LogP contribution in [0.5, 0.6) is 0 Å². The number of halogens is 1. The van der Waals surface area contributed by atoms with Gasteiger partial charge < -0.3 is 4.57 Å². The molecular weight excluding hydrogens is 392 g/mol. The molecule has 0 atom stereocenters. The highest BCUT2D eigenvalue weighted by Crippen LogP contribution is 2.22. The fourth-order valence-electron chi connectivity index (χ4n) is 3.49. The molecule has 0 aliphatic heterocycles. The molecule has 8 heteroatoms. The minimum absolute atomic E-state index is 0.220. The number of hydrogen-bond donors (Lipinski definition) is 0. The maximum absolute atomic E-state index is 13.3. The molecule has 0 fully saturated rings. The monoisotopic (exact) mass is 408 g/mol. The summed E-state index contributed by atoms with van der Waals surface area (Å²) in [5.41, 5.74) is 1.02. The molecule has 0 aliphatic carbocycles. The topological polar surface area (TPSA) is 78.9 Å². The summed E-state index contributed by atoms with van der Waals surface area (Å²) in [5, 5.41) is 0.608. The zero-order valence-corrected chi connectivity index (χ0v) is 16.6. The van der Waals surface area contributed by atoms with E-state index in [0.717, 1.165) is 0 Å². The maximum atomic E-state index is 13.3. The SMILES string of the molecule is CC(=O)n1c2cc(=O)n(Cc3ccccn3)c(C)c2c(=O)n1-c1ccccc1Cl. The van der Waals surface area contributed by atoms with E-state index in [4.69, 9.17) is 11.6 Å². The zero-order chi connectivity index (χ0) is 20.7. The predicted octanol–water partition coefficient (Wildman–Crippen LogP) is 3.02. The van der Waals surface area contributed by atoms with Crippen LogP contribution < -0.4 is 11.1 Å². The van der Waals surface area contributed by atoms with E-state index in [2.05, 4.69) is 4.98 Å². The summed E-state index contributed by atoms with van der Waals surface area (Å²) in [5.74, 6) is -0.404. The molecule has 0 unspecified atom stereocenters. The lowest BCUT2D eigenvalue weighted by atomic mass is 10.2. The van der Waals surface area contributed by atoms with E-state index in [1.807, 2.05) is 6.07 Å². The third-order valence-corrected chi connectivity index (χ3v) is 5.13. The standard InChI is InChI=1S/C21H17ClN4O3/c1-13-20-18(11-19(28)24(13)12-15-7-5-6-10-23-15)25(14(2)27)26(21(20)29)17-9-4-3-8-16(17)22/h3-11H,12H2,1-2H3. The smallest absolute Gasteiger partial charge is 0.281 e. The predicted molar refractivity (Wildman–Crippen MR) is 111 cm³/mol. The molecule has 0 spiro atoms. The molecule has 4 rings (SSSR count). The van der Waals surface area contributed by atoms with Crippen LogP contribution in [0.2, 0.25) is 5.02 Å². The van der Waals surface area contributed by atoms with Crippen molar-refractivity contribution in [3.63, 3.8) is 0 Å². The van der Waals surface area contributed by atoms with Gasteiger partial charge in [-0.3, -0.25) is 19.4 Å². The van der Waals surface area contributed by atoms with Crippen LogP contribution in [-0.2, 0) is 6.54 Å². The molecule has 146 valence electrons. The van der Waals surface area contributed by atoms with E-state index in [1.54, 1.807) is 49.5 Å². The molecule has 1 aromatic carbocycles. The number of fused-ring (bicyclic) bond motifs is 1. The van der Waals surface area contributed by atoms with Gasteiger partial charge in [0, 0.05) is 24.9 Å². The Labute approximate surface area is 170 Å². The third kappa shape index (κ3) is 3.09. The highest BCUT2D eigenvalue weighted by molar-refractivity contribution is 6.32. The van der Waals surface area contributed by atoms with Gasteiger partial charge >= 0.3 is 0 Å². The highest BCUT2D eigenvalue weighted by atomic mass is 35.5. The molecule has 0 aliphatic rings. The molecule has 7 nitrogen and oxygen atoms in total. The molecule has 0 radical (unpaired) electrons. The number of rotatable bonds is 3. The van der Waals surface area contributed by atoms with Gasteiger partial charge in [-0.1, -0.05) is 29.8 Å². The summed E-state index contributed by atoms with van der Waals surface area (Å²) in [6.07, 6.45) is 1.64. The van der Waals surface area contributed by atoms with Crippen LogP contribution in [0.15, 0.2) is 64.3 Å². The molecule has 3 heterocycles. The van der Waals surface area contributed by atoms with Crippen molar-refractivity contribution in [2.75, 3.05) is 0 Å². The fraction of sp³-hybridized carbons (Fsp3) is 0.143. The Morgan fingerprint density at radius 2 is 1.83 bits per heavy atom. The van der Waals surface area contributed by atoms with Crippen LogP contribution >= 0.6 is 11.6 Å². The lowest BCUT2D eigenvalue weighted by Gasteiger charge is -2.11. The summed E-state index contributed by atoms with van der Waals surface area (Å²) in [4.78, 5) is 42.8. The van der Waals surface area contributed by atoms with E-state index in [0.29, 0.717) is 22.1 Å². The van der Waals surface area contributed by atoms with Crippen LogP contribution in [0.25, 0.3) is 16.6 Å². The maximum Gasteiger partial charge on any atom is 0.281 e. The second kappa shape index (κ2) is 7.18. The number of aryl methyl sites for hydroxylation is 1. The quantitative estimate of drug-likeness (QED) is 0.522. The van der Waals surface area contributed by atoms with Gasteiger partial charge in [0.05, 0.1) is 33.9 Å². The summed E-state index contributed by atoms with van der Waals surface area (Å²) in [7, 11) is 0. The molecule has 0 amide bonds. The summed E-state index contributed by atoms with van der Waals surface area (Å²) >= 11 is 6.29. The van der Waals surface area contributed by atoms with E-state index in [-0.39, 0.29) is 23.0 Å². The zero-order valence-electron chi connectivity index (χ0n) is 15.8. The Kier molecular flexibility index (Phi) is 4.68. The van der Waals surface area contributed by atoms with Crippen molar-refractivity contribution in [3.8, 4) is 5.69 Å². The molecular formula is C21H17ClN4O3. The van der Waals surface area contributed by atoms with Crippen LogP contribution in [0.4, 0.5) is 0 Å². The Morgan fingerprint density at radius 3 is 2.48 bits per heavy atom. The lowest BCUT2D eigenvalue weighted by molar-refractivity contribution is 0.0917. The normalized spacial score (nSPS) is 11.1. The first kappa shape index (κ1) is 18.9. The van der Waals surface area contributed by atoms with Gasteiger partial charge in [0.25, 0.3) is 11.1 Å². The van der Waals surface area contributed by atoms with Crippen LogP contribution in [-0.4, -0.2) is 24.8 Å². The van der Waals surface area contributed by atoms with E-state index < -0.39 is 11.5 Å². The molecule has 0 N–H and O–H groups in total. The van der Waals surface area contributed by atoms with Crippen molar-refractivity contribution in [3.05, 3.63) is 91.8 Å². The van der Waals surface area contributed by atoms with Gasteiger partial charge in [-0.05, 0) is 31.2 Å². The molecule has 3 aromatic heterocycles. The van der Waals surface area contributed by atoms with Gasteiger partial charge in [0.1, 0.15) is 0 Å².